The van der Waals surface area contributed by atoms with Gasteiger partial charge in [-0.1, -0.05) is 6.07 Å². The lowest BCUT2D eigenvalue weighted by Crippen LogP contribution is -2.40. The highest BCUT2D eigenvalue weighted by atomic mass is 32.1. The van der Waals surface area contributed by atoms with E-state index in [-0.39, 0.29) is 12.1 Å². The van der Waals surface area contributed by atoms with Crippen molar-refractivity contribution in [2.45, 2.75) is 18.9 Å². The minimum Gasteiger partial charge on any atom is -0.487 e. The summed E-state index contributed by atoms with van der Waals surface area (Å²) in [6.45, 7) is 2.03. The highest BCUT2D eigenvalue weighted by molar-refractivity contribution is 7.09. The number of rotatable bonds is 5. The summed E-state index contributed by atoms with van der Waals surface area (Å²) >= 11 is 1.72. The molecule has 2 aromatic heterocycles. The second kappa shape index (κ2) is 7.26. The molecule has 0 aliphatic carbocycles. The monoisotopic (exact) mass is 317 g/mol. The SMILES string of the molecule is O=C(NCCc1cccs1)N1CCC(Oc2cccnc2)C1. The predicted octanol–water partition coefficient (Wildman–Crippen LogP) is 2.55. The predicted molar refractivity (Wildman–Crippen MR) is 86.3 cm³/mol. The first kappa shape index (κ1) is 14.8. The Kier molecular flexibility index (Phi) is 4.90. The Morgan fingerprint density at radius 1 is 1.45 bits per heavy atom. The summed E-state index contributed by atoms with van der Waals surface area (Å²) in [5, 5.41) is 5.03. The molecule has 0 radical (unpaired) electrons. The second-order valence-corrected chi connectivity index (χ2v) is 6.26. The normalized spacial score (nSPS) is 17.5. The summed E-state index contributed by atoms with van der Waals surface area (Å²) in [4.78, 5) is 19.3. The smallest absolute Gasteiger partial charge is 0.317 e. The lowest BCUT2D eigenvalue weighted by Gasteiger charge is -2.17. The molecule has 0 aromatic carbocycles. The topological polar surface area (TPSA) is 54.5 Å². The maximum absolute atomic E-state index is 12.1. The molecule has 1 N–H and O–H groups in total. The number of hydrogen-bond acceptors (Lipinski definition) is 4. The highest BCUT2D eigenvalue weighted by Gasteiger charge is 2.27. The van der Waals surface area contributed by atoms with Crippen molar-refractivity contribution in [3.8, 4) is 5.75 Å². The lowest BCUT2D eigenvalue weighted by molar-refractivity contribution is 0.187. The number of nitrogens with one attached hydrogen (secondary N) is 1. The van der Waals surface area contributed by atoms with Crippen LogP contribution in [0.15, 0.2) is 42.0 Å². The van der Waals surface area contributed by atoms with E-state index in [0.717, 1.165) is 25.1 Å². The Labute approximate surface area is 133 Å². The van der Waals surface area contributed by atoms with Gasteiger partial charge in [0.1, 0.15) is 11.9 Å². The first-order valence-electron chi connectivity index (χ1n) is 7.43. The van der Waals surface area contributed by atoms with Gasteiger partial charge in [-0.2, -0.15) is 0 Å². The maximum Gasteiger partial charge on any atom is 0.317 e. The summed E-state index contributed by atoms with van der Waals surface area (Å²) in [5.74, 6) is 0.757. The molecule has 2 aromatic rings. The fourth-order valence-electron chi connectivity index (χ4n) is 2.48. The van der Waals surface area contributed by atoms with Crippen LogP contribution in [0.25, 0.3) is 0 Å². The van der Waals surface area contributed by atoms with Crippen molar-refractivity contribution in [2.75, 3.05) is 19.6 Å². The largest absolute Gasteiger partial charge is 0.487 e. The number of nitrogens with zero attached hydrogens (tertiary/aromatic N) is 2. The van der Waals surface area contributed by atoms with Gasteiger partial charge in [0.2, 0.25) is 0 Å². The van der Waals surface area contributed by atoms with Crippen LogP contribution in [0.1, 0.15) is 11.3 Å². The van der Waals surface area contributed by atoms with E-state index < -0.39 is 0 Å². The average Bonchev–Trinajstić information content (AvgIpc) is 3.20. The van der Waals surface area contributed by atoms with Crippen LogP contribution in [0, 0.1) is 0 Å². The Hall–Kier alpha value is -2.08. The first-order chi connectivity index (χ1) is 10.8. The van der Waals surface area contributed by atoms with Crippen LogP contribution in [0.5, 0.6) is 5.75 Å². The van der Waals surface area contributed by atoms with Crippen LogP contribution in [0.4, 0.5) is 4.79 Å². The van der Waals surface area contributed by atoms with Crippen molar-refractivity contribution in [1.29, 1.82) is 0 Å². The summed E-state index contributed by atoms with van der Waals surface area (Å²) in [6, 6.07) is 7.84. The van der Waals surface area contributed by atoms with E-state index in [1.165, 1.54) is 4.88 Å². The average molecular weight is 317 g/mol. The van der Waals surface area contributed by atoms with E-state index in [4.69, 9.17) is 4.74 Å². The van der Waals surface area contributed by atoms with Crippen molar-refractivity contribution in [3.63, 3.8) is 0 Å². The van der Waals surface area contributed by atoms with Crippen LogP contribution in [0.3, 0.4) is 0 Å². The van der Waals surface area contributed by atoms with Crippen LogP contribution in [-0.2, 0) is 6.42 Å². The van der Waals surface area contributed by atoms with Gasteiger partial charge in [0.15, 0.2) is 0 Å². The number of pyridine rings is 1. The van der Waals surface area contributed by atoms with Crippen molar-refractivity contribution in [2.24, 2.45) is 0 Å². The van der Waals surface area contributed by atoms with E-state index >= 15 is 0 Å². The second-order valence-electron chi connectivity index (χ2n) is 5.22. The molecule has 2 amide bonds. The minimum atomic E-state index is -0.00570. The summed E-state index contributed by atoms with van der Waals surface area (Å²) in [6.07, 6.45) is 5.20. The van der Waals surface area contributed by atoms with Gasteiger partial charge in [-0.25, -0.2) is 4.79 Å². The molecule has 1 aliphatic heterocycles. The zero-order chi connectivity index (χ0) is 15.2. The molecule has 1 unspecified atom stereocenters. The van der Waals surface area contributed by atoms with E-state index in [1.54, 1.807) is 23.7 Å². The van der Waals surface area contributed by atoms with Crippen molar-refractivity contribution in [1.82, 2.24) is 15.2 Å². The molecule has 6 heteroatoms. The number of hydrogen-bond donors (Lipinski definition) is 1. The number of ether oxygens (including phenoxy) is 1. The number of likely N-dealkylation sites (tertiary alicyclic amines) is 1. The van der Waals surface area contributed by atoms with Gasteiger partial charge in [0.25, 0.3) is 0 Å². The summed E-state index contributed by atoms with van der Waals surface area (Å²) in [7, 11) is 0. The van der Waals surface area contributed by atoms with Gasteiger partial charge < -0.3 is 15.0 Å². The van der Waals surface area contributed by atoms with Crippen LogP contribution in [-0.4, -0.2) is 41.7 Å². The van der Waals surface area contributed by atoms with E-state index in [2.05, 4.69) is 21.7 Å². The van der Waals surface area contributed by atoms with Gasteiger partial charge in [-0.3, -0.25) is 4.98 Å². The molecule has 0 spiro atoms. The molecule has 0 saturated carbocycles. The van der Waals surface area contributed by atoms with Crippen molar-refractivity contribution >= 4 is 17.4 Å². The summed E-state index contributed by atoms with van der Waals surface area (Å²) in [5.41, 5.74) is 0. The standard InChI is InChI=1S/C16H19N3O2S/c20-16(18-8-5-15-4-2-10-22-15)19-9-6-14(12-19)21-13-3-1-7-17-11-13/h1-4,7,10-11,14H,5-6,8-9,12H2,(H,18,20). The molecule has 5 nitrogen and oxygen atoms in total. The fraction of sp³-hybridized carbons (Fsp3) is 0.375. The van der Waals surface area contributed by atoms with Gasteiger partial charge in [-0.15, -0.1) is 11.3 Å². The number of aromatic nitrogens is 1. The Morgan fingerprint density at radius 3 is 3.18 bits per heavy atom. The van der Waals surface area contributed by atoms with Gasteiger partial charge >= 0.3 is 6.03 Å². The third kappa shape index (κ3) is 3.98. The van der Waals surface area contributed by atoms with Crippen molar-refractivity contribution < 1.29 is 9.53 Å². The number of carbonyl (C=O) groups excluding carboxylic acids is 1. The number of carbonyl (C=O) groups is 1. The molecular weight excluding hydrogens is 298 g/mol. The third-order valence-corrected chi connectivity index (χ3v) is 4.53. The van der Waals surface area contributed by atoms with E-state index in [9.17, 15) is 4.79 Å². The molecular formula is C16H19N3O2S. The molecule has 116 valence electrons. The zero-order valence-electron chi connectivity index (χ0n) is 12.3. The Morgan fingerprint density at radius 2 is 2.41 bits per heavy atom. The zero-order valence-corrected chi connectivity index (χ0v) is 13.1. The Balaban J connectivity index is 1.41. The van der Waals surface area contributed by atoms with E-state index in [0.29, 0.717) is 13.1 Å². The fourth-order valence-corrected chi connectivity index (χ4v) is 3.19. The number of thiophene rings is 1. The summed E-state index contributed by atoms with van der Waals surface area (Å²) < 4.78 is 5.84. The molecule has 1 aliphatic rings. The first-order valence-corrected chi connectivity index (χ1v) is 8.31. The maximum atomic E-state index is 12.1. The van der Waals surface area contributed by atoms with Crippen LogP contribution >= 0.6 is 11.3 Å². The van der Waals surface area contributed by atoms with Gasteiger partial charge in [-0.05, 0) is 30.0 Å². The molecule has 1 fully saturated rings. The molecule has 3 heterocycles. The third-order valence-electron chi connectivity index (χ3n) is 3.60. The van der Waals surface area contributed by atoms with E-state index in [1.807, 2.05) is 23.1 Å². The minimum absolute atomic E-state index is 0.00570. The molecule has 0 bridgehead atoms. The number of amides is 2. The van der Waals surface area contributed by atoms with Crippen LogP contribution in [0.2, 0.25) is 0 Å². The quantitative estimate of drug-likeness (QED) is 0.922. The highest BCUT2D eigenvalue weighted by Crippen LogP contribution is 2.17. The number of urea groups is 1. The molecule has 1 saturated heterocycles. The van der Waals surface area contributed by atoms with Gasteiger partial charge in [0, 0.05) is 30.6 Å². The molecule has 1 atom stereocenters. The van der Waals surface area contributed by atoms with Crippen LogP contribution < -0.4 is 10.1 Å². The molecule has 22 heavy (non-hydrogen) atoms. The Bertz CT molecular complexity index is 589. The van der Waals surface area contributed by atoms with Crippen molar-refractivity contribution in [3.05, 3.63) is 46.9 Å². The molecule has 3 rings (SSSR count). The van der Waals surface area contributed by atoms with Gasteiger partial charge in [0.05, 0.1) is 12.7 Å². The lowest BCUT2D eigenvalue weighted by atomic mass is 10.3.